The van der Waals surface area contributed by atoms with Gasteiger partial charge in [0.25, 0.3) is 0 Å². The molecule has 22 heavy (non-hydrogen) atoms. The van der Waals surface area contributed by atoms with Gasteiger partial charge in [-0.25, -0.2) is 0 Å². The van der Waals surface area contributed by atoms with E-state index in [1.165, 1.54) is 0 Å². The number of aliphatic hydroxyl groups is 1. The van der Waals surface area contributed by atoms with Gasteiger partial charge in [-0.3, -0.25) is 4.90 Å². The first-order chi connectivity index (χ1) is 10.8. The first-order valence-electron chi connectivity index (χ1n) is 7.58. The Balaban J connectivity index is 1.61. The van der Waals surface area contributed by atoms with Crippen molar-refractivity contribution in [2.75, 3.05) is 26.8 Å². The first kappa shape index (κ1) is 15.0. The minimum Gasteiger partial charge on any atom is -0.497 e. The lowest BCUT2D eigenvalue weighted by atomic mass is 9.98. The second-order valence-corrected chi connectivity index (χ2v) is 5.64. The molecule has 0 spiro atoms. The Kier molecular flexibility index (Phi) is 4.70. The Labute approximate surface area is 129 Å². The third kappa shape index (κ3) is 3.45. The van der Waals surface area contributed by atoms with Gasteiger partial charge in [-0.05, 0) is 56.1 Å². The van der Waals surface area contributed by atoms with Gasteiger partial charge in [0.05, 0.1) is 13.7 Å². The van der Waals surface area contributed by atoms with Crippen LogP contribution in [0.15, 0.2) is 28.8 Å². The smallest absolute Gasteiger partial charge is 0.241 e. The monoisotopic (exact) mass is 303 g/mol. The van der Waals surface area contributed by atoms with Crippen molar-refractivity contribution >= 4 is 0 Å². The number of hydrogen-bond donors (Lipinski definition) is 1. The molecule has 1 saturated heterocycles. The molecule has 118 valence electrons. The predicted octanol–water partition coefficient (Wildman–Crippen LogP) is 1.95. The van der Waals surface area contributed by atoms with Crippen molar-refractivity contribution in [2.24, 2.45) is 5.92 Å². The van der Waals surface area contributed by atoms with Crippen LogP contribution in [0, 0.1) is 5.92 Å². The van der Waals surface area contributed by atoms with Crippen molar-refractivity contribution in [3.05, 3.63) is 30.2 Å². The summed E-state index contributed by atoms with van der Waals surface area (Å²) in [6.45, 7) is 2.88. The van der Waals surface area contributed by atoms with Crippen molar-refractivity contribution in [3.8, 4) is 17.1 Å². The number of aromatic nitrogens is 2. The van der Waals surface area contributed by atoms with Gasteiger partial charge in [-0.15, -0.1) is 0 Å². The number of benzene rings is 1. The maximum absolute atomic E-state index is 9.17. The van der Waals surface area contributed by atoms with Crippen LogP contribution in [0.1, 0.15) is 18.7 Å². The minimum absolute atomic E-state index is 0.288. The quantitative estimate of drug-likeness (QED) is 0.910. The summed E-state index contributed by atoms with van der Waals surface area (Å²) in [4.78, 5) is 6.75. The van der Waals surface area contributed by atoms with E-state index in [2.05, 4.69) is 15.0 Å². The normalized spacial score (nSPS) is 16.8. The molecule has 0 amide bonds. The molecule has 2 heterocycles. The lowest BCUT2D eigenvalue weighted by molar-refractivity contribution is 0.119. The number of rotatable bonds is 5. The molecule has 0 radical (unpaired) electrons. The van der Waals surface area contributed by atoms with Gasteiger partial charge in [0.1, 0.15) is 5.75 Å². The van der Waals surface area contributed by atoms with Crippen LogP contribution < -0.4 is 4.74 Å². The molecule has 1 aliphatic rings. The molecular formula is C16H21N3O3. The molecule has 1 fully saturated rings. The third-order valence-corrected chi connectivity index (χ3v) is 4.14. The number of piperidine rings is 1. The summed E-state index contributed by atoms with van der Waals surface area (Å²) in [5, 5.41) is 13.2. The highest BCUT2D eigenvalue weighted by molar-refractivity contribution is 5.55. The van der Waals surface area contributed by atoms with Crippen LogP contribution in [0.3, 0.4) is 0 Å². The number of aliphatic hydroxyl groups excluding tert-OH is 1. The average Bonchev–Trinajstić information content (AvgIpc) is 3.04. The largest absolute Gasteiger partial charge is 0.497 e. The van der Waals surface area contributed by atoms with Gasteiger partial charge in [0.15, 0.2) is 0 Å². The van der Waals surface area contributed by atoms with Crippen molar-refractivity contribution in [1.82, 2.24) is 15.0 Å². The summed E-state index contributed by atoms with van der Waals surface area (Å²) in [5.41, 5.74) is 0.912. The Morgan fingerprint density at radius 2 is 2.00 bits per heavy atom. The zero-order valence-corrected chi connectivity index (χ0v) is 12.7. The van der Waals surface area contributed by atoms with Gasteiger partial charge in [-0.1, -0.05) is 5.16 Å². The summed E-state index contributed by atoms with van der Waals surface area (Å²) in [7, 11) is 1.64. The molecular weight excluding hydrogens is 282 g/mol. The van der Waals surface area contributed by atoms with Gasteiger partial charge in [0.2, 0.25) is 11.7 Å². The molecule has 1 N–H and O–H groups in total. The molecule has 2 aromatic rings. The van der Waals surface area contributed by atoms with Crippen LogP contribution in [-0.2, 0) is 6.54 Å². The SMILES string of the molecule is COc1ccc(-c2noc(CN3CCC(CO)CC3)n2)cc1. The third-order valence-electron chi connectivity index (χ3n) is 4.14. The van der Waals surface area contributed by atoms with E-state index in [0.717, 1.165) is 37.2 Å². The van der Waals surface area contributed by atoms with Crippen LogP contribution in [0.5, 0.6) is 5.75 Å². The highest BCUT2D eigenvalue weighted by Crippen LogP contribution is 2.21. The number of likely N-dealkylation sites (tertiary alicyclic amines) is 1. The minimum atomic E-state index is 0.288. The van der Waals surface area contributed by atoms with Crippen molar-refractivity contribution in [3.63, 3.8) is 0 Å². The molecule has 6 nitrogen and oxygen atoms in total. The summed E-state index contributed by atoms with van der Waals surface area (Å²) < 4.78 is 10.5. The number of nitrogens with zero attached hydrogens (tertiary/aromatic N) is 3. The van der Waals surface area contributed by atoms with E-state index >= 15 is 0 Å². The Morgan fingerprint density at radius 3 is 2.64 bits per heavy atom. The molecule has 0 aliphatic carbocycles. The summed E-state index contributed by atoms with van der Waals surface area (Å²) >= 11 is 0. The van der Waals surface area contributed by atoms with Crippen LogP contribution >= 0.6 is 0 Å². The van der Waals surface area contributed by atoms with E-state index in [0.29, 0.717) is 24.2 Å². The predicted molar refractivity (Wildman–Crippen MR) is 81.4 cm³/mol. The standard InChI is InChI=1S/C16H21N3O3/c1-21-14-4-2-13(3-5-14)16-17-15(22-18-16)10-19-8-6-12(11-20)7-9-19/h2-5,12,20H,6-11H2,1H3. The zero-order valence-electron chi connectivity index (χ0n) is 12.7. The molecule has 1 aliphatic heterocycles. The number of hydrogen-bond acceptors (Lipinski definition) is 6. The highest BCUT2D eigenvalue weighted by Gasteiger charge is 2.20. The first-order valence-corrected chi connectivity index (χ1v) is 7.58. The highest BCUT2D eigenvalue weighted by atomic mass is 16.5. The van der Waals surface area contributed by atoms with E-state index < -0.39 is 0 Å². The molecule has 0 unspecified atom stereocenters. The molecule has 1 aromatic heterocycles. The molecule has 0 saturated carbocycles. The van der Waals surface area contributed by atoms with Crippen LogP contribution in [0.25, 0.3) is 11.4 Å². The van der Waals surface area contributed by atoms with Gasteiger partial charge in [-0.2, -0.15) is 4.98 Å². The lowest BCUT2D eigenvalue weighted by Gasteiger charge is -2.29. The van der Waals surface area contributed by atoms with E-state index in [1.807, 2.05) is 24.3 Å². The number of ether oxygens (including phenoxy) is 1. The maximum Gasteiger partial charge on any atom is 0.241 e. The second kappa shape index (κ2) is 6.89. The van der Waals surface area contributed by atoms with E-state index in [9.17, 15) is 0 Å². The van der Waals surface area contributed by atoms with Crippen LogP contribution in [0.4, 0.5) is 0 Å². The average molecular weight is 303 g/mol. The molecule has 1 aromatic carbocycles. The van der Waals surface area contributed by atoms with Gasteiger partial charge in [0, 0.05) is 12.2 Å². The van der Waals surface area contributed by atoms with Crippen LogP contribution in [-0.4, -0.2) is 47.0 Å². The number of methoxy groups -OCH3 is 1. The molecule has 6 heteroatoms. The van der Waals surface area contributed by atoms with Crippen molar-refractivity contribution in [2.45, 2.75) is 19.4 Å². The summed E-state index contributed by atoms with van der Waals surface area (Å²) in [5.74, 6) is 2.48. The second-order valence-electron chi connectivity index (χ2n) is 5.64. The fraction of sp³-hybridized carbons (Fsp3) is 0.500. The van der Waals surface area contributed by atoms with E-state index in [-0.39, 0.29) is 6.61 Å². The topological polar surface area (TPSA) is 71.6 Å². The van der Waals surface area contributed by atoms with Gasteiger partial charge >= 0.3 is 0 Å². The van der Waals surface area contributed by atoms with Crippen molar-refractivity contribution < 1.29 is 14.4 Å². The fourth-order valence-electron chi connectivity index (χ4n) is 2.69. The Hall–Kier alpha value is -1.92. The molecule has 0 atom stereocenters. The van der Waals surface area contributed by atoms with Gasteiger partial charge < -0.3 is 14.4 Å². The fourth-order valence-corrected chi connectivity index (χ4v) is 2.69. The van der Waals surface area contributed by atoms with Crippen LogP contribution in [0.2, 0.25) is 0 Å². The lowest BCUT2D eigenvalue weighted by Crippen LogP contribution is -2.34. The summed E-state index contributed by atoms with van der Waals surface area (Å²) in [6.07, 6.45) is 2.05. The van der Waals surface area contributed by atoms with E-state index in [4.69, 9.17) is 14.4 Å². The Bertz CT molecular complexity index is 589. The summed E-state index contributed by atoms with van der Waals surface area (Å²) in [6, 6.07) is 7.59. The maximum atomic E-state index is 9.17. The zero-order chi connectivity index (χ0) is 15.4. The molecule has 3 rings (SSSR count). The van der Waals surface area contributed by atoms with E-state index in [1.54, 1.807) is 7.11 Å². The Morgan fingerprint density at radius 1 is 1.27 bits per heavy atom. The van der Waals surface area contributed by atoms with Crippen molar-refractivity contribution in [1.29, 1.82) is 0 Å². The molecule has 0 bridgehead atoms.